The lowest BCUT2D eigenvalue weighted by Gasteiger charge is -2.30. The van der Waals surface area contributed by atoms with Crippen LogP contribution in [0.15, 0.2) is 18.2 Å². The van der Waals surface area contributed by atoms with Crippen LogP contribution >= 0.6 is 23.2 Å². The van der Waals surface area contributed by atoms with Gasteiger partial charge in [-0.1, -0.05) is 56.5 Å². The van der Waals surface area contributed by atoms with Gasteiger partial charge in [0.25, 0.3) is 0 Å². The van der Waals surface area contributed by atoms with Gasteiger partial charge in [-0.3, -0.25) is 9.59 Å². The fourth-order valence-corrected chi connectivity index (χ4v) is 2.94. The van der Waals surface area contributed by atoms with Crippen molar-refractivity contribution in [1.82, 2.24) is 10.2 Å². The summed E-state index contributed by atoms with van der Waals surface area (Å²) in [6.45, 7) is 6.93. The molecule has 0 aliphatic carbocycles. The Kier molecular flexibility index (Phi) is 9.91. The summed E-state index contributed by atoms with van der Waals surface area (Å²) in [5, 5.41) is 3.86. The Labute approximate surface area is 160 Å². The molecule has 0 radical (unpaired) electrons. The third-order valence-corrected chi connectivity index (χ3v) is 4.76. The summed E-state index contributed by atoms with van der Waals surface area (Å²) in [6, 6.07) is 4.81. The molecule has 1 rings (SSSR count). The number of nitrogens with zero attached hydrogens (tertiary/aromatic N) is 1. The summed E-state index contributed by atoms with van der Waals surface area (Å²) in [4.78, 5) is 26.8. The minimum Gasteiger partial charge on any atom is -0.354 e. The van der Waals surface area contributed by atoms with Crippen LogP contribution in [0.3, 0.4) is 0 Å². The van der Waals surface area contributed by atoms with E-state index < -0.39 is 6.04 Å². The Bertz CT molecular complexity index is 579. The van der Waals surface area contributed by atoms with Gasteiger partial charge in [0, 0.05) is 19.5 Å². The Morgan fingerprint density at radius 1 is 1.12 bits per heavy atom. The van der Waals surface area contributed by atoms with Crippen LogP contribution in [0.4, 0.5) is 0 Å². The van der Waals surface area contributed by atoms with Gasteiger partial charge in [-0.2, -0.15) is 0 Å². The first-order chi connectivity index (χ1) is 11.9. The number of carbonyl (C=O) groups excluding carboxylic acids is 2. The van der Waals surface area contributed by atoms with Crippen LogP contribution in [0.5, 0.6) is 0 Å². The molecule has 0 bridgehead atoms. The van der Waals surface area contributed by atoms with Crippen molar-refractivity contribution in [1.29, 1.82) is 0 Å². The van der Waals surface area contributed by atoms with E-state index in [0.29, 0.717) is 36.0 Å². The average molecular weight is 387 g/mol. The van der Waals surface area contributed by atoms with Crippen LogP contribution < -0.4 is 5.32 Å². The third-order valence-electron chi connectivity index (χ3n) is 4.02. The SMILES string of the molecule is CCCCNC(=O)[C@H](CC)N(Cc1ccc(Cl)c(Cl)c1)C(=O)CCC. The fraction of sp³-hybridized carbons (Fsp3) is 0.579. The largest absolute Gasteiger partial charge is 0.354 e. The van der Waals surface area contributed by atoms with E-state index in [4.69, 9.17) is 23.2 Å². The van der Waals surface area contributed by atoms with Crippen molar-refractivity contribution in [3.63, 3.8) is 0 Å². The molecule has 1 N–H and O–H groups in total. The molecule has 1 atom stereocenters. The zero-order chi connectivity index (χ0) is 18.8. The van der Waals surface area contributed by atoms with E-state index in [9.17, 15) is 9.59 Å². The molecule has 0 aromatic heterocycles. The van der Waals surface area contributed by atoms with Gasteiger partial charge < -0.3 is 10.2 Å². The first kappa shape index (κ1) is 21.8. The van der Waals surface area contributed by atoms with E-state index in [-0.39, 0.29) is 11.8 Å². The van der Waals surface area contributed by atoms with Crippen LogP contribution in [0, 0.1) is 0 Å². The van der Waals surface area contributed by atoms with Crippen molar-refractivity contribution in [2.45, 2.75) is 65.5 Å². The quantitative estimate of drug-likeness (QED) is 0.586. The van der Waals surface area contributed by atoms with Crippen molar-refractivity contribution in [3.05, 3.63) is 33.8 Å². The van der Waals surface area contributed by atoms with Gasteiger partial charge >= 0.3 is 0 Å². The molecule has 0 fully saturated rings. The molecule has 4 nitrogen and oxygen atoms in total. The number of benzene rings is 1. The Morgan fingerprint density at radius 3 is 2.40 bits per heavy atom. The number of hydrogen-bond donors (Lipinski definition) is 1. The molecule has 0 aliphatic heterocycles. The van der Waals surface area contributed by atoms with Crippen LogP contribution in [-0.2, 0) is 16.1 Å². The zero-order valence-corrected chi connectivity index (χ0v) is 16.8. The van der Waals surface area contributed by atoms with Crippen LogP contribution in [-0.4, -0.2) is 29.3 Å². The minimum absolute atomic E-state index is 0.0222. The van der Waals surface area contributed by atoms with Crippen molar-refractivity contribution in [3.8, 4) is 0 Å². The van der Waals surface area contributed by atoms with Crippen LogP contribution in [0.2, 0.25) is 10.0 Å². The Morgan fingerprint density at radius 2 is 1.84 bits per heavy atom. The van der Waals surface area contributed by atoms with Crippen molar-refractivity contribution in [2.24, 2.45) is 0 Å². The summed E-state index contributed by atoms with van der Waals surface area (Å²) in [7, 11) is 0. The van der Waals surface area contributed by atoms with Gasteiger partial charge in [-0.15, -0.1) is 0 Å². The topological polar surface area (TPSA) is 49.4 Å². The third kappa shape index (κ3) is 6.87. The summed E-state index contributed by atoms with van der Waals surface area (Å²) >= 11 is 12.0. The number of nitrogens with one attached hydrogen (secondary N) is 1. The summed E-state index contributed by atoms with van der Waals surface area (Å²) in [5.41, 5.74) is 0.860. The van der Waals surface area contributed by atoms with Crippen LogP contribution in [0.1, 0.15) is 58.4 Å². The molecule has 140 valence electrons. The lowest BCUT2D eigenvalue weighted by molar-refractivity contribution is -0.141. The Balaban J connectivity index is 2.98. The summed E-state index contributed by atoms with van der Waals surface area (Å²) in [6.07, 6.45) is 3.66. The monoisotopic (exact) mass is 386 g/mol. The molecule has 25 heavy (non-hydrogen) atoms. The Hall–Kier alpha value is -1.26. The fourth-order valence-electron chi connectivity index (χ4n) is 2.62. The second-order valence-corrected chi connectivity index (χ2v) is 6.90. The normalized spacial score (nSPS) is 11.9. The number of rotatable bonds is 10. The number of hydrogen-bond acceptors (Lipinski definition) is 2. The second-order valence-electron chi connectivity index (χ2n) is 6.09. The van der Waals surface area contributed by atoms with E-state index in [1.165, 1.54) is 0 Å². The average Bonchev–Trinajstić information content (AvgIpc) is 2.58. The molecule has 1 aromatic carbocycles. The van der Waals surface area contributed by atoms with Gasteiger partial charge in [0.2, 0.25) is 11.8 Å². The maximum absolute atomic E-state index is 12.6. The number of unbranched alkanes of at least 4 members (excludes halogenated alkanes) is 1. The smallest absolute Gasteiger partial charge is 0.242 e. The molecule has 6 heteroatoms. The van der Waals surface area contributed by atoms with E-state index >= 15 is 0 Å². The van der Waals surface area contributed by atoms with Gasteiger partial charge in [0.15, 0.2) is 0 Å². The standard InChI is InChI=1S/C19H28Cl2N2O2/c1-4-7-11-22-19(25)17(6-3)23(18(24)8-5-2)13-14-9-10-15(20)16(21)12-14/h9-10,12,17H,4-8,11,13H2,1-3H3,(H,22,25)/t17-/m0/s1. The van der Waals surface area contributed by atoms with E-state index in [1.807, 2.05) is 19.9 Å². The minimum atomic E-state index is -0.481. The highest BCUT2D eigenvalue weighted by molar-refractivity contribution is 6.42. The van der Waals surface area contributed by atoms with E-state index in [2.05, 4.69) is 12.2 Å². The summed E-state index contributed by atoms with van der Waals surface area (Å²) in [5.74, 6) is -0.119. The molecule has 0 unspecified atom stereocenters. The number of amides is 2. The first-order valence-electron chi connectivity index (χ1n) is 8.95. The lowest BCUT2D eigenvalue weighted by atomic mass is 10.1. The molecule has 1 aromatic rings. The highest BCUT2D eigenvalue weighted by Gasteiger charge is 2.27. The molecular formula is C19H28Cl2N2O2. The first-order valence-corrected chi connectivity index (χ1v) is 9.71. The van der Waals surface area contributed by atoms with Gasteiger partial charge in [0.05, 0.1) is 10.0 Å². The molecular weight excluding hydrogens is 359 g/mol. The lowest BCUT2D eigenvalue weighted by Crippen LogP contribution is -2.49. The molecule has 0 heterocycles. The maximum atomic E-state index is 12.6. The van der Waals surface area contributed by atoms with Crippen molar-refractivity contribution in [2.75, 3.05) is 6.54 Å². The number of halogens is 2. The second kappa shape index (κ2) is 11.4. The van der Waals surface area contributed by atoms with Crippen molar-refractivity contribution < 1.29 is 9.59 Å². The molecule has 2 amide bonds. The molecule has 0 saturated carbocycles. The maximum Gasteiger partial charge on any atom is 0.242 e. The summed E-state index contributed by atoms with van der Waals surface area (Å²) < 4.78 is 0. The highest BCUT2D eigenvalue weighted by atomic mass is 35.5. The number of carbonyl (C=O) groups is 2. The van der Waals surface area contributed by atoms with E-state index in [1.54, 1.807) is 17.0 Å². The molecule has 0 spiro atoms. The van der Waals surface area contributed by atoms with Gasteiger partial charge in [-0.25, -0.2) is 0 Å². The van der Waals surface area contributed by atoms with Gasteiger partial charge in [-0.05, 0) is 37.0 Å². The predicted octanol–water partition coefficient (Wildman–Crippen LogP) is 4.82. The molecule has 0 aliphatic rings. The zero-order valence-electron chi connectivity index (χ0n) is 15.3. The van der Waals surface area contributed by atoms with Gasteiger partial charge in [0.1, 0.15) is 6.04 Å². The van der Waals surface area contributed by atoms with Crippen molar-refractivity contribution >= 4 is 35.0 Å². The highest BCUT2D eigenvalue weighted by Crippen LogP contribution is 2.24. The van der Waals surface area contributed by atoms with E-state index in [0.717, 1.165) is 24.8 Å². The molecule has 0 saturated heterocycles. The predicted molar refractivity (Wildman–Crippen MR) is 104 cm³/mol. The van der Waals surface area contributed by atoms with Crippen LogP contribution in [0.25, 0.3) is 0 Å².